The van der Waals surface area contributed by atoms with Gasteiger partial charge < -0.3 is 4.98 Å². The van der Waals surface area contributed by atoms with Gasteiger partial charge in [-0.1, -0.05) is 23.2 Å². The fraction of sp³-hybridized carbons (Fsp3) is 0. The number of rotatable bonds is 3. The highest BCUT2D eigenvalue weighted by molar-refractivity contribution is 7.92. The molecule has 0 atom stereocenters. The van der Waals surface area contributed by atoms with Crippen molar-refractivity contribution in [1.82, 2.24) is 4.98 Å². The van der Waals surface area contributed by atoms with Gasteiger partial charge in [0.1, 0.15) is 0 Å². The molecule has 3 aromatic rings. The molecule has 108 valence electrons. The maximum atomic E-state index is 12.3. The number of sulfonamides is 1. The molecule has 2 N–H and O–H groups in total. The third-order valence-electron chi connectivity index (χ3n) is 3.01. The normalized spacial score (nSPS) is 11.7. The van der Waals surface area contributed by atoms with Crippen molar-refractivity contribution in [3.05, 3.63) is 58.7 Å². The van der Waals surface area contributed by atoms with Crippen LogP contribution in [-0.4, -0.2) is 13.4 Å². The Morgan fingerprint density at radius 2 is 1.76 bits per heavy atom. The van der Waals surface area contributed by atoms with Crippen molar-refractivity contribution in [3.63, 3.8) is 0 Å². The average Bonchev–Trinajstić information content (AvgIpc) is 2.88. The number of aromatic amines is 1. The van der Waals surface area contributed by atoms with Crippen molar-refractivity contribution in [2.75, 3.05) is 4.72 Å². The molecule has 0 bridgehead atoms. The minimum atomic E-state index is -3.71. The lowest BCUT2D eigenvalue weighted by molar-refractivity contribution is 0.601. The summed E-state index contributed by atoms with van der Waals surface area (Å²) in [6, 6.07) is 11.3. The first-order valence-corrected chi connectivity index (χ1v) is 8.25. The summed E-state index contributed by atoms with van der Waals surface area (Å²) in [6.07, 6.45) is 1.79. The molecule has 4 nitrogen and oxygen atoms in total. The molecule has 0 radical (unpaired) electrons. The van der Waals surface area contributed by atoms with Gasteiger partial charge in [-0.25, -0.2) is 8.42 Å². The molecule has 0 aliphatic rings. The number of benzene rings is 2. The van der Waals surface area contributed by atoms with Crippen LogP contribution in [0.2, 0.25) is 10.0 Å². The molecule has 0 saturated carbocycles. The smallest absolute Gasteiger partial charge is 0.261 e. The molecule has 7 heteroatoms. The Bertz CT molecular complexity index is 920. The number of hydrogen-bond acceptors (Lipinski definition) is 2. The van der Waals surface area contributed by atoms with Gasteiger partial charge in [0.15, 0.2) is 0 Å². The standard InChI is InChI=1S/C14H10Cl2N2O2S/c15-12-3-2-11(8-13(12)16)21(19,20)18-10-1-4-14-9(7-10)5-6-17-14/h1-8,17-18H. The monoisotopic (exact) mass is 340 g/mol. The van der Waals surface area contributed by atoms with E-state index in [0.717, 1.165) is 10.9 Å². The summed E-state index contributed by atoms with van der Waals surface area (Å²) in [5.74, 6) is 0. The third-order valence-corrected chi connectivity index (χ3v) is 5.12. The van der Waals surface area contributed by atoms with E-state index in [1.165, 1.54) is 18.2 Å². The van der Waals surface area contributed by atoms with E-state index >= 15 is 0 Å². The second-order valence-corrected chi connectivity index (χ2v) is 6.96. The van der Waals surface area contributed by atoms with Crippen LogP contribution in [0.3, 0.4) is 0 Å². The molecule has 3 rings (SSSR count). The number of aromatic nitrogens is 1. The molecule has 0 aliphatic heterocycles. The summed E-state index contributed by atoms with van der Waals surface area (Å²) in [6.45, 7) is 0. The van der Waals surface area contributed by atoms with Gasteiger partial charge in [0, 0.05) is 22.8 Å². The minimum absolute atomic E-state index is 0.0612. The molecule has 1 aromatic heterocycles. The Morgan fingerprint density at radius 1 is 0.952 bits per heavy atom. The number of anilines is 1. The largest absolute Gasteiger partial charge is 0.361 e. The molecule has 0 unspecified atom stereocenters. The molecule has 2 aromatic carbocycles. The molecule has 0 spiro atoms. The molecule has 1 heterocycles. The van der Waals surface area contributed by atoms with Crippen molar-refractivity contribution in [1.29, 1.82) is 0 Å². The van der Waals surface area contributed by atoms with Gasteiger partial charge in [0.05, 0.1) is 14.9 Å². The second-order valence-electron chi connectivity index (χ2n) is 4.46. The van der Waals surface area contributed by atoms with Gasteiger partial charge in [0.25, 0.3) is 10.0 Å². The molecule has 21 heavy (non-hydrogen) atoms. The van der Waals surface area contributed by atoms with Gasteiger partial charge in [-0.2, -0.15) is 0 Å². The topological polar surface area (TPSA) is 62.0 Å². The average molecular weight is 341 g/mol. The van der Waals surface area contributed by atoms with Crippen LogP contribution in [0.1, 0.15) is 0 Å². The zero-order valence-electron chi connectivity index (χ0n) is 10.6. The third kappa shape index (κ3) is 2.85. The highest BCUT2D eigenvalue weighted by atomic mass is 35.5. The van der Waals surface area contributed by atoms with E-state index in [9.17, 15) is 8.42 Å². The summed E-state index contributed by atoms with van der Waals surface area (Å²) >= 11 is 11.7. The van der Waals surface area contributed by atoms with Gasteiger partial charge in [-0.15, -0.1) is 0 Å². The van der Waals surface area contributed by atoms with Gasteiger partial charge in [0.2, 0.25) is 0 Å². The van der Waals surface area contributed by atoms with Crippen LogP contribution in [-0.2, 0) is 10.0 Å². The van der Waals surface area contributed by atoms with E-state index in [1.807, 2.05) is 12.1 Å². The molecule has 0 fully saturated rings. The second kappa shape index (κ2) is 5.26. The quantitative estimate of drug-likeness (QED) is 0.747. The fourth-order valence-electron chi connectivity index (χ4n) is 1.97. The van der Waals surface area contributed by atoms with Crippen LogP contribution in [0.25, 0.3) is 10.9 Å². The van der Waals surface area contributed by atoms with E-state index in [4.69, 9.17) is 23.2 Å². The Morgan fingerprint density at radius 3 is 2.52 bits per heavy atom. The predicted octanol–water partition coefficient (Wildman–Crippen LogP) is 4.28. The van der Waals surface area contributed by atoms with Crippen molar-refractivity contribution in [3.8, 4) is 0 Å². The lowest BCUT2D eigenvalue weighted by Crippen LogP contribution is -2.12. The lowest BCUT2D eigenvalue weighted by Gasteiger charge is -2.09. The fourth-order valence-corrected chi connectivity index (χ4v) is 3.41. The van der Waals surface area contributed by atoms with Crippen molar-refractivity contribution < 1.29 is 8.42 Å². The van der Waals surface area contributed by atoms with E-state index in [0.29, 0.717) is 10.7 Å². The zero-order valence-corrected chi connectivity index (χ0v) is 12.9. The summed E-state index contributed by atoms with van der Waals surface area (Å²) < 4.78 is 27.2. The molecule has 0 amide bonds. The Balaban J connectivity index is 1.96. The van der Waals surface area contributed by atoms with Crippen LogP contribution in [0, 0.1) is 0 Å². The van der Waals surface area contributed by atoms with Crippen LogP contribution in [0.5, 0.6) is 0 Å². The number of nitrogens with one attached hydrogen (secondary N) is 2. The summed E-state index contributed by atoms with van der Waals surface area (Å²) in [5, 5.41) is 1.43. The van der Waals surface area contributed by atoms with Crippen LogP contribution in [0.15, 0.2) is 53.6 Å². The van der Waals surface area contributed by atoms with E-state index in [1.54, 1.807) is 18.3 Å². The molecular formula is C14H10Cl2N2O2S. The van der Waals surface area contributed by atoms with Crippen LogP contribution in [0.4, 0.5) is 5.69 Å². The van der Waals surface area contributed by atoms with Crippen LogP contribution < -0.4 is 4.72 Å². The van der Waals surface area contributed by atoms with Crippen LogP contribution >= 0.6 is 23.2 Å². The maximum absolute atomic E-state index is 12.3. The predicted molar refractivity (Wildman–Crippen MR) is 85.6 cm³/mol. The number of hydrogen-bond donors (Lipinski definition) is 2. The Kier molecular flexibility index (Phi) is 3.57. The summed E-state index contributed by atoms with van der Waals surface area (Å²) in [5.41, 5.74) is 1.42. The molecule has 0 saturated heterocycles. The highest BCUT2D eigenvalue weighted by Gasteiger charge is 2.15. The first-order chi connectivity index (χ1) is 9.95. The Hall–Kier alpha value is -1.69. The SMILES string of the molecule is O=S(=O)(Nc1ccc2[nH]ccc2c1)c1ccc(Cl)c(Cl)c1. The van der Waals surface area contributed by atoms with E-state index in [2.05, 4.69) is 9.71 Å². The van der Waals surface area contributed by atoms with Crippen molar-refractivity contribution in [2.45, 2.75) is 4.90 Å². The van der Waals surface area contributed by atoms with E-state index in [-0.39, 0.29) is 9.92 Å². The minimum Gasteiger partial charge on any atom is -0.361 e. The first kappa shape index (κ1) is 14.3. The number of H-pyrrole nitrogens is 1. The number of fused-ring (bicyclic) bond motifs is 1. The van der Waals surface area contributed by atoms with E-state index < -0.39 is 10.0 Å². The first-order valence-electron chi connectivity index (χ1n) is 6.01. The van der Waals surface area contributed by atoms with Gasteiger partial charge in [-0.05, 0) is 42.5 Å². The zero-order chi connectivity index (χ0) is 15.0. The molecular weight excluding hydrogens is 331 g/mol. The van der Waals surface area contributed by atoms with Crippen molar-refractivity contribution >= 4 is 49.8 Å². The molecule has 0 aliphatic carbocycles. The van der Waals surface area contributed by atoms with Gasteiger partial charge >= 0.3 is 0 Å². The number of halogens is 2. The summed E-state index contributed by atoms with van der Waals surface area (Å²) in [4.78, 5) is 3.11. The van der Waals surface area contributed by atoms with Crippen molar-refractivity contribution in [2.24, 2.45) is 0 Å². The lowest BCUT2D eigenvalue weighted by atomic mass is 10.2. The maximum Gasteiger partial charge on any atom is 0.261 e. The Labute approximate surface area is 131 Å². The summed E-state index contributed by atoms with van der Waals surface area (Å²) in [7, 11) is -3.71. The van der Waals surface area contributed by atoms with Gasteiger partial charge in [-0.3, -0.25) is 4.72 Å². The highest BCUT2D eigenvalue weighted by Crippen LogP contribution is 2.26.